The number of nitrogens with one attached hydrogen (secondary N) is 1. The first kappa shape index (κ1) is 16.6. The Kier molecular flexibility index (Phi) is 6.30. The number of nitrogens with zero attached hydrogens (tertiary/aromatic N) is 1. The lowest BCUT2D eigenvalue weighted by Gasteiger charge is -2.29. The van der Waals surface area contributed by atoms with E-state index in [2.05, 4.69) is 36.3 Å². The minimum absolute atomic E-state index is 0.251. The van der Waals surface area contributed by atoms with Crippen LogP contribution in [-0.2, 0) is 16.0 Å². The molecule has 0 amide bonds. The van der Waals surface area contributed by atoms with E-state index >= 15 is 0 Å². The number of benzene rings is 1. The van der Waals surface area contributed by atoms with Crippen LogP contribution in [0.3, 0.4) is 0 Å². The standard InChI is InChI=1S/C16H25ClN2O2/c1-12-15(6-8-21-12)19(2)16-5-4-13(10-14(16)17)11-18-7-9-20-3/h4-5,10,12,15,18H,6-9,11H2,1-3H3. The highest BCUT2D eigenvalue weighted by atomic mass is 35.5. The van der Waals surface area contributed by atoms with Gasteiger partial charge in [-0.3, -0.25) is 0 Å². The van der Waals surface area contributed by atoms with Crippen molar-refractivity contribution in [3.05, 3.63) is 28.8 Å². The molecule has 0 aliphatic carbocycles. The van der Waals surface area contributed by atoms with Gasteiger partial charge in [0.2, 0.25) is 0 Å². The highest BCUT2D eigenvalue weighted by Gasteiger charge is 2.28. The van der Waals surface area contributed by atoms with E-state index in [9.17, 15) is 0 Å². The van der Waals surface area contributed by atoms with Gasteiger partial charge in [0.15, 0.2) is 0 Å². The molecule has 1 aromatic carbocycles. The Morgan fingerprint density at radius 2 is 2.29 bits per heavy atom. The van der Waals surface area contributed by atoms with Crippen molar-refractivity contribution in [3.63, 3.8) is 0 Å². The minimum atomic E-state index is 0.251. The molecule has 1 aliphatic rings. The molecular weight excluding hydrogens is 288 g/mol. The summed E-state index contributed by atoms with van der Waals surface area (Å²) in [5.74, 6) is 0. The Balaban J connectivity index is 1.98. The van der Waals surface area contributed by atoms with Crippen molar-refractivity contribution in [2.75, 3.05) is 38.8 Å². The van der Waals surface area contributed by atoms with Gasteiger partial charge in [-0.1, -0.05) is 17.7 Å². The second-order valence-electron chi connectivity index (χ2n) is 5.50. The first-order valence-electron chi connectivity index (χ1n) is 7.46. The normalized spacial score (nSPS) is 21.7. The first-order chi connectivity index (χ1) is 10.1. The third-order valence-corrected chi connectivity index (χ3v) is 4.34. The third kappa shape index (κ3) is 4.33. The summed E-state index contributed by atoms with van der Waals surface area (Å²) in [6, 6.07) is 6.65. The number of hydrogen-bond donors (Lipinski definition) is 1. The van der Waals surface area contributed by atoms with Gasteiger partial charge in [0.05, 0.1) is 29.5 Å². The van der Waals surface area contributed by atoms with Crippen molar-refractivity contribution < 1.29 is 9.47 Å². The average Bonchev–Trinajstić information content (AvgIpc) is 2.89. The minimum Gasteiger partial charge on any atom is -0.383 e. The van der Waals surface area contributed by atoms with Crippen molar-refractivity contribution in [1.82, 2.24) is 5.32 Å². The molecule has 1 aliphatic heterocycles. The monoisotopic (exact) mass is 312 g/mol. The van der Waals surface area contributed by atoms with Crippen LogP contribution < -0.4 is 10.2 Å². The molecule has 0 radical (unpaired) electrons. The van der Waals surface area contributed by atoms with E-state index < -0.39 is 0 Å². The molecule has 0 saturated carbocycles. The predicted molar refractivity (Wildman–Crippen MR) is 87.3 cm³/mol. The molecule has 1 saturated heterocycles. The summed E-state index contributed by atoms with van der Waals surface area (Å²) in [6.07, 6.45) is 1.30. The van der Waals surface area contributed by atoms with Gasteiger partial charge in [-0.25, -0.2) is 0 Å². The van der Waals surface area contributed by atoms with E-state index in [1.165, 1.54) is 5.56 Å². The SMILES string of the molecule is COCCNCc1ccc(N(C)C2CCOC2C)c(Cl)c1. The Hall–Kier alpha value is -0.810. The molecule has 21 heavy (non-hydrogen) atoms. The molecular formula is C16H25ClN2O2. The fraction of sp³-hybridized carbons (Fsp3) is 0.625. The van der Waals surface area contributed by atoms with E-state index in [0.717, 1.165) is 36.8 Å². The summed E-state index contributed by atoms with van der Waals surface area (Å²) in [4.78, 5) is 2.24. The van der Waals surface area contributed by atoms with Gasteiger partial charge in [-0.15, -0.1) is 0 Å². The highest BCUT2D eigenvalue weighted by Crippen LogP contribution is 2.31. The van der Waals surface area contributed by atoms with Gasteiger partial charge in [0.1, 0.15) is 0 Å². The van der Waals surface area contributed by atoms with E-state index in [1.807, 2.05) is 6.07 Å². The molecule has 2 rings (SSSR count). The van der Waals surface area contributed by atoms with Crippen LogP contribution in [0.2, 0.25) is 5.02 Å². The van der Waals surface area contributed by atoms with Crippen LogP contribution in [0.5, 0.6) is 0 Å². The van der Waals surface area contributed by atoms with Gasteiger partial charge in [0, 0.05) is 33.9 Å². The Bertz CT molecular complexity index is 456. The van der Waals surface area contributed by atoms with Crippen molar-refractivity contribution in [1.29, 1.82) is 0 Å². The van der Waals surface area contributed by atoms with Crippen LogP contribution in [0, 0.1) is 0 Å². The molecule has 0 spiro atoms. The number of hydrogen-bond acceptors (Lipinski definition) is 4. The average molecular weight is 313 g/mol. The zero-order valence-electron chi connectivity index (χ0n) is 13.1. The number of rotatable bonds is 7. The molecule has 1 fully saturated rings. The molecule has 1 heterocycles. The summed E-state index contributed by atoms with van der Waals surface area (Å²) in [7, 11) is 3.80. The van der Waals surface area contributed by atoms with Crippen LogP contribution >= 0.6 is 11.6 Å². The van der Waals surface area contributed by atoms with Gasteiger partial charge >= 0.3 is 0 Å². The summed E-state index contributed by atoms with van der Waals surface area (Å²) in [5, 5.41) is 4.12. The van der Waals surface area contributed by atoms with E-state index in [1.54, 1.807) is 7.11 Å². The second-order valence-corrected chi connectivity index (χ2v) is 5.91. The summed E-state index contributed by atoms with van der Waals surface area (Å²) < 4.78 is 10.7. The zero-order chi connectivity index (χ0) is 15.2. The molecule has 0 aromatic heterocycles. The van der Waals surface area contributed by atoms with Gasteiger partial charge in [-0.05, 0) is 31.0 Å². The smallest absolute Gasteiger partial charge is 0.0750 e. The fourth-order valence-corrected chi connectivity index (χ4v) is 3.10. The number of methoxy groups -OCH3 is 1. The van der Waals surface area contributed by atoms with E-state index in [4.69, 9.17) is 21.1 Å². The van der Waals surface area contributed by atoms with E-state index in [0.29, 0.717) is 12.6 Å². The number of ether oxygens (including phenoxy) is 2. The van der Waals surface area contributed by atoms with Crippen LogP contribution in [0.25, 0.3) is 0 Å². The van der Waals surface area contributed by atoms with Crippen LogP contribution in [-0.4, -0.2) is 46.1 Å². The van der Waals surface area contributed by atoms with Gasteiger partial charge in [-0.2, -0.15) is 0 Å². The molecule has 2 atom stereocenters. The third-order valence-electron chi connectivity index (χ3n) is 4.04. The molecule has 5 heteroatoms. The fourth-order valence-electron chi connectivity index (χ4n) is 2.76. The quantitative estimate of drug-likeness (QED) is 0.785. The van der Waals surface area contributed by atoms with Crippen molar-refractivity contribution in [2.24, 2.45) is 0 Å². The maximum atomic E-state index is 6.46. The van der Waals surface area contributed by atoms with Crippen molar-refractivity contribution >= 4 is 17.3 Å². The van der Waals surface area contributed by atoms with Crippen LogP contribution in [0.4, 0.5) is 5.69 Å². The molecule has 1 N–H and O–H groups in total. The Morgan fingerprint density at radius 1 is 1.48 bits per heavy atom. The highest BCUT2D eigenvalue weighted by molar-refractivity contribution is 6.33. The first-order valence-corrected chi connectivity index (χ1v) is 7.83. The van der Waals surface area contributed by atoms with Crippen LogP contribution in [0.1, 0.15) is 18.9 Å². The maximum absolute atomic E-state index is 6.46. The second kappa shape index (κ2) is 7.99. The summed E-state index contributed by atoms with van der Waals surface area (Å²) in [6.45, 7) is 5.31. The van der Waals surface area contributed by atoms with Crippen molar-refractivity contribution in [2.45, 2.75) is 32.0 Å². The summed E-state index contributed by atoms with van der Waals surface area (Å²) >= 11 is 6.46. The van der Waals surface area contributed by atoms with E-state index in [-0.39, 0.29) is 6.10 Å². The van der Waals surface area contributed by atoms with Gasteiger partial charge < -0.3 is 19.7 Å². The molecule has 2 unspecified atom stereocenters. The summed E-state index contributed by atoms with van der Waals surface area (Å²) in [5.41, 5.74) is 2.25. The largest absolute Gasteiger partial charge is 0.383 e. The lowest BCUT2D eigenvalue weighted by molar-refractivity contribution is 0.118. The molecule has 4 nitrogen and oxygen atoms in total. The molecule has 118 valence electrons. The van der Waals surface area contributed by atoms with Crippen LogP contribution in [0.15, 0.2) is 18.2 Å². The topological polar surface area (TPSA) is 33.7 Å². The zero-order valence-corrected chi connectivity index (χ0v) is 13.8. The van der Waals surface area contributed by atoms with Gasteiger partial charge in [0.25, 0.3) is 0 Å². The number of likely N-dealkylation sites (N-methyl/N-ethyl adjacent to an activating group) is 1. The van der Waals surface area contributed by atoms with Crippen molar-refractivity contribution in [3.8, 4) is 0 Å². The number of anilines is 1. The lowest BCUT2D eigenvalue weighted by atomic mass is 10.1. The maximum Gasteiger partial charge on any atom is 0.0750 e. The molecule has 1 aromatic rings. The predicted octanol–water partition coefficient (Wildman–Crippen LogP) is 2.69. The lowest BCUT2D eigenvalue weighted by Crippen LogP contribution is -2.36. The molecule has 0 bridgehead atoms. The number of halogens is 1. The Labute approximate surface area is 132 Å². The Morgan fingerprint density at radius 3 is 2.90 bits per heavy atom.